The van der Waals surface area contributed by atoms with Crippen LogP contribution in [0.2, 0.25) is 0 Å². The molecule has 2 aromatic rings. The molecule has 0 atom stereocenters. The van der Waals surface area contributed by atoms with Gasteiger partial charge in [-0.3, -0.25) is 9.59 Å². The minimum atomic E-state index is -0.312. The summed E-state index contributed by atoms with van der Waals surface area (Å²) in [5, 5.41) is 9.04. The normalized spacial score (nSPS) is 16.2. The Bertz CT molecular complexity index is 704. The molecule has 0 bridgehead atoms. The Kier molecular flexibility index (Phi) is 4.81. The van der Waals surface area contributed by atoms with Gasteiger partial charge in [0.1, 0.15) is 5.69 Å². The molecule has 2 N–H and O–H groups in total. The third kappa shape index (κ3) is 4.01. The number of benzene rings is 1. The van der Waals surface area contributed by atoms with Gasteiger partial charge in [-0.15, -0.1) is 11.8 Å². The topological polar surface area (TPSA) is 74.8 Å². The van der Waals surface area contributed by atoms with Gasteiger partial charge < -0.3 is 5.32 Å². The second kappa shape index (κ2) is 7.00. The lowest BCUT2D eigenvalue weighted by Crippen LogP contribution is -2.39. The van der Waals surface area contributed by atoms with Crippen LogP contribution in [0.5, 0.6) is 0 Å². The number of thioether (sulfide) groups is 1. The Morgan fingerprint density at radius 2 is 1.91 bits per heavy atom. The number of H-pyrrole nitrogens is 1. The largest absolute Gasteiger partial charge is 0.349 e. The highest BCUT2D eigenvalue weighted by atomic mass is 32.2. The highest BCUT2D eigenvalue weighted by Crippen LogP contribution is 2.44. The van der Waals surface area contributed by atoms with E-state index in [9.17, 15) is 9.59 Å². The van der Waals surface area contributed by atoms with Crippen molar-refractivity contribution < 1.29 is 4.79 Å². The second-order valence-corrected chi connectivity index (χ2v) is 7.34. The van der Waals surface area contributed by atoms with Gasteiger partial charge in [-0.05, 0) is 31.0 Å². The highest BCUT2D eigenvalue weighted by Gasteiger charge is 2.35. The van der Waals surface area contributed by atoms with Crippen LogP contribution >= 0.6 is 11.8 Å². The van der Waals surface area contributed by atoms with Gasteiger partial charge in [0.25, 0.3) is 11.5 Å². The summed E-state index contributed by atoms with van der Waals surface area (Å²) in [7, 11) is 0. The van der Waals surface area contributed by atoms with Crippen molar-refractivity contribution in [2.24, 2.45) is 0 Å². The van der Waals surface area contributed by atoms with Gasteiger partial charge in [-0.25, -0.2) is 5.10 Å². The summed E-state index contributed by atoms with van der Waals surface area (Å²) in [5.74, 6) is -0.249. The predicted molar refractivity (Wildman–Crippen MR) is 90.7 cm³/mol. The maximum atomic E-state index is 12.2. The predicted octanol–water partition coefficient (Wildman–Crippen LogP) is 2.60. The van der Waals surface area contributed by atoms with Crippen LogP contribution < -0.4 is 10.9 Å². The van der Waals surface area contributed by atoms with E-state index in [1.165, 1.54) is 29.9 Å². The van der Waals surface area contributed by atoms with Gasteiger partial charge in [-0.2, -0.15) is 5.10 Å². The zero-order valence-electron chi connectivity index (χ0n) is 12.7. The molecule has 0 aliphatic heterocycles. The lowest BCUT2D eigenvalue weighted by Gasteiger charge is -2.28. The first-order valence-electron chi connectivity index (χ1n) is 7.75. The van der Waals surface area contributed by atoms with Crippen LogP contribution in [0.4, 0.5) is 0 Å². The summed E-state index contributed by atoms with van der Waals surface area (Å²) in [6.45, 7) is 0.603. The lowest BCUT2D eigenvalue weighted by atomic mass is 10.1. The molecule has 5 nitrogen and oxygen atoms in total. The molecular formula is C17H19N3O2S. The van der Waals surface area contributed by atoms with Crippen LogP contribution in [0.15, 0.2) is 52.2 Å². The van der Waals surface area contributed by atoms with Gasteiger partial charge >= 0.3 is 0 Å². The van der Waals surface area contributed by atoms with Crippen molar-refractivity contribution in [2.45, 2.75) is 35.3 Å². The summed E-state index contributed by atoms with van der Waals surface area (Å²) in [6, 6.07) is 13.1. The van der Waals surface area contributed by atoms with Crippen molar-refractivity contribution >= 4 is 17.7 Å². The van der Waals surface area contributed by atoms with E-state index in [-0.39, 0.29) is 21.9 Å². The standard InChI is InChI=1S/C17H19N3O2S/c21-15-9-8-14(19-20-15)16(22)18-12-17(10-4-5-11-17)23-13-6-2-1-3-7-13/h1-3,6-9H,4-5,10-12H2,(H,18,22)(H,20,21). The molecule has 0 unspecified atom stereocenters. The van der Waals surface area contributed by atoms with Crippen molar-refractivity contribution in [3.05, 3.63) is 58.5 Å². The summed E-state index contributed by atoms with van der Waals surface area (Å²) >= 11 is 1.85. The smallest absolute Gasteiger partial charge is 0.271 e. The molecule has 1 aromatic carbocycles. The molecule has 6 heteroatoms. The van der Waals surface area contributed by atoms with Gasteiger partial charge in [-0.1, -0.05) is 31.0 Å². The number of amides is 1. The Hall–Kier alpha value is -2.08. The third-order valence-electron chi connectivity index (χ3n) is 4.08. The van der Waals surface area contributed by atoms with E-state index in [1.54, 1.807) is 0 Å². The monoisotopic (exact) mass is 329 g/mol. The number of nitrogens with one attached hydrogen (secondary N) is 2. The third-order valence-corrected chi connectivity index (χ3v) is 5.57. The molecule has 0 radical (unpaired) electrons. The number of hydrogen-bond donors (Lipinski definition) is 2. The summed E-state index contributed by atoms with van der Waals surface area (Å²) < 4.78 is 0.0409. The van der Waals surface area contributed by atoms with E-state index in [4.69, 9.17) is 0 Å². The number of rotatable bonds is 5. The fraction of sp³-hybridized carbons (Fsp3) is 0.353. The molecule has 1 aliphatic rings. The molecule has 1 fully saturated rings. The second-order valence-electron chi connectivity index (χ2n) is 5.79. The molecule has 1 heterocycles. The minimum Gasteiger partial charge on any atom is -0.349 e. The molecule has 1 aromatic heterocycles. The average molecular weight is 329 g/mol. The number of carbonyl (C=O) groups excluding carboxylic acids is 1. The first-order chi connectivity index (χ1) is 11.2. The quantitative estimate of drug-likeness (QED) is 0.884. The van der Waals surface area contributed by atoms with E-state index in [0.29, 0.717) is 6.54 Å². The maximum absolute atomic E-state index is 12.2. The zero-order valence-corrected chi connectivity index (χ0v) is 13.6. The van der Waals surface area contributed by atoms with Crippen LogP contribution in [0, 0.1) is 0 Å². The molecule has 120 valence electrons. The summed E-state index contributed by atoms with van der Waals surface area (Å²) in [5.41, 5.74) is -0.0732. The highest BCUT2D eigenvalue weighted by molar-refractivity contribution is 8.00. The number of nitrogens with zero attached hydrogens (tertiary/aromatic N) is 1. The number of aromatic amines is 1. The molecule has 0 saturated heterocycles. The molecule has 1 amide bonds. The Morgan fingerprint density at radius 1 is 1.17 bits per heavy atom. The fourth-order valence-electron chi connectivity index (χ4n) is 2.88. The zero-order chi connectivity index (χ0) is 16.1. The van der Waals surface area contributed by atoms with Gasteiger partial charge in [0.05, 0.1) is 0 Å². The van der Waals surface area contributed by atoms with Crippen molar-refractivity contribution in [1.29, 1.82) is 0 Å². The van der Waals surface area contributed by atoms with E-state index < -0.39 is 0 Å². The van der Waals surface area contributed by atoms with E-state index in [2.05, 4.69) is 27.6 Å². The van der Waals surface area contributed by atoms with Crippen molar-refractivity contribution in [1.82, 2.24) is 15.5 Å². The van der Waals surface area contributed by atoms with Crippen molar-refractivity contribution in [3.8, 4) is 0 Å². The average Bonchev–Trinajstić information content (AvgIpc) is 3.03. The number of aromatic nitrogens is 2. The van der Waals surface area contributed by atoms with Crippen LogP contribution in [0.25, 0.3) is 0 Å². The molecule has 3 rings (SSSR count). The molecular weight excluding hydrogens is 310 g/mol. The van der Waals surface area contributed by atoms with Crippen molar-refractivity contribution in [2.75, 3.05) is 6.54 Å². The van der Waals surface area contributed by atoms with Crippen molar-refractivity contribution in [3.63, 3.8) is 0 Å². The molecule has 23 heavy (non-hydrogen) atoms. The summed E-state index contributed by atoms with van der Waals surface area (Å²) in [4.78, 5) is 24.4. The lowest BCUT2D eigenvalue weighted by molar-refractivity contribution is 0.0943. The maximum Gasteiger partial charge on any atom is 0.271 e. The SMILES string of the molecule is O=C(NCC1(Sc2ccccc2)CCCC1)c1ccc(=O)[nH]n1. The van der Waals surface area contributed by atoms with E-state index in [1.807, 2.05) is 30.0 Å². The van der Waals surface area contributed by atoms with Crippen LogP contribution in [0.3, 0.4) is 0 Å². The van der Waals surface area contributed by atoms with Crippen LogP contribution in [-0.4, -0.2) is 27.4 Å². The molecule has 1 saturated carbocycles. The number of carbonyl (C=O) groups is 1. The Balaban J connectivity index is 1.66. The van der Waals surface area contributed by atoms with Gasteiger partial charge in [0, 0.05) is 22.3 Å². The minimum absolute atomic E-state index is 0.0409. The Morgan fingerprint density at radius 3 is 2.57 bits per heavy atom. The first kappa shape index (κ1) is 15.8. The van der Waals surface area contributed by atoms with E-state index >= 15 is 0 Å². The molecule has 1 aliphatic carbocycles. The van der Waals surface area contributed by atoms with Gasteiger partial charge in [0.15, 0.2) is 0 Å². The fourth-order valence-corrected chi connectivity index (χ4v) is 4.31. The van der Waals surface area contributed by atoms with Crippen LogP contribution in [0.1, 0.15) is 36.2 Å². The first-order valence-corrected chi connectivity index (χ1v) is 8.57. The van der Waals surface area contributed by atoms with Crippen LogP contribution in [-0.2, 0) is 0 Å². The van der Waals surface area contributed by atoms with Gasteiger partial charge in [0.2, 0.25) is 0 Å². The number of hydrogen-bond acceptors (Lipinski definition) is 4. The van der Waals surface area contributed by atoms with E-state index in [0.717, 1.165) is 12.8 Å². The Labute approximate surface area is 138 Å². The summed E-state index contributed by atoms with van der Waals surface area (Å²) in [6.07, 6.45) is 4.55. The molecule has 0 spiro atoms.